The Hall–Kier alpha value is -3.85. The Bertz CT molecular complexity index is 1790. The summed E-state index contributed by atoms with van der Waals surface area (Å²) in [5.41, 5.74) is -2.34. The second-order valence-electron chi connectivity index (χ2n) is 13.4. The number of pyridine rings is 1. The maximum Gasteiger partial charge on any atom is 0.416 e. The highest BCUT2D eigenvalue weighted by Crippen LogP contribution is 2.38. The van der Waals surface area contributed by atoms with Crippen LogP contribution in [0.5, 0.6) is 0 Å². The number of amides is 1. The lowest BCUT2D eigenvalue weighted by Crippen LogP contribution is -2.41. The zero-order valence-electron chi connectivity index (χ0n) is 28.9. The Kier molecular flexibility index (Phi) is 13.2. The van der Waals surface area contributed by atoms with Crippen LogP contribution in [0.4, 0.5) is 30.7 Å². The van der Waals surface area contributed by atoms with Gasteiger partial charge in [0.15, 0.2) is 0 Å². The number of alkyl halides is 6. The van der Waals surface area contributed by atoms with E-state index in [-0.39, 0.29) is 65.6 Å². The van der Waals surface area contributed by atoms with Crippen LogP contribution >= 0.6 is 13.5 Å². The number of nitrogens with one attached hydrogen (secondary N) is 1. The number of carboxylic acid groups (broad SMARTS) is 1. The van der Waals surface area contributed by atoms with Gasteiger partial charge < -0.3 is 19.9 Å². The molecule has 3 aromatic rings. The number of likely N-dealkylation sites (tertiary alicyclic amines) is 1. The Balaban J connectivity index is 0.00000702. The first-order valence-corrected chi connectivity index (χ1v) is 16.2. The summed E-state index contributed by atoms with van der Waals surface area (Å²) in [7, 11) is 0. The molecule has 2 heterocycles. The van der Waals surface area contributed by atoms with Crippen LogP contribution in [0.25, 0.3) is 11.1 Å². The number of carbonyl (C=O) groups excluding carboxylic acids is 1. The highest BCUT2D eigenvalue weighted by molar-refractivity contribution is 7.59. The molecule has 2 aromatic carbocycles. The molecule has 1 aliphatic rings. The zero-order chi connectivity index (χ0) is 37.3. The molecule has 4 rings (SSSR count). The summed E-state index contributed by atoms with van der Waals surface area (Å²) >= 11 is 0. The number of rotatable bonds is 12. The highest BCUT2D eigenvalue weighted by atomic mass is 32.1. The maximum atomic E-state index is 15.8. The van der Waals surface area contributed by atoms with Crippen LogP contribution in [0.2, 0.25) is 0 Å². The summed E-state index contributed by atoms with van der Waals surface area (Å²) in [5.74, 6) is -3.44. The molecule has 2 atom stereocenters. The number of carboxylic acids is 1. The van der Waals surface area contributed by atoms with Crippen LogP contribution < -0.4 is 10.9 Å². The molecule has 51 heavy (non-hydrogen) atoms. The van der Waals surface area contributed by atoms with E-state index >= 15 is 4.39 Å². The average Bonchev–Trinajstić information content (AvgIpc) is 2.95. The highest BCUT2D eigenvalue weighted by Gasteiger charge is 2.36. The molecule has 280 valence electrons. The van der Waals surface area contributed by atoms with Crippen LogP contribution in [0.15, 0.2) is 41.3 Å². The van der Waals surface area contributed by atoms with E-state index in [9.17, 15) is 45.8 Å². The predicted molar refractivity (Wildman–Crippen MR) is 184 cm³/mol. The van der Waals surface area contributed by atoms with Gasteiger partial charge in [0.25, 0.3) is 5.56 Å². The van der Waals surface area contributed by atoms with Gasteiger partial charge >= 0.3 is 18.3 Å². The fourth-order valence-corrected chi connectivity index (χ4v) is 6.43. The first kappa shape index (κ1) is 41.6. The summed E-state index contributed by atoms with van der Waals surface area (Å²) in [6.07, 6.45) is -8.34. The van der Waals surface area contributed by atoms with Crippen LogP contribution in [0, 0.1) is 32.5 Å². The molecule has 1 aliphatic heterocycles. The molecule has 1 amide bonds. The fraction of sp³-hybridized carbons (Fsp3) is 0.472. The molecule has 15 heteroatoms. The zero-order valence-corrected chi connectivity index (χ0v) is 29.9. The summed E-state index contributed by atoms with van der Waals surface area (Å²) in [6.45, 7) is 9.56. The van der Waals surface area contributed by atoms with Crippen molar-refractivity contribution in [2.45, 2.75) is 84.7 Å². The second-order valence-corrected chi connectivity index (χ2v) is 13.4. The molecule has 1 unspecified atom stereocenters. The van der Waals surface area contributed by atoms with Gasteiger partial charge in [0, 0.05) is 24.4 Å². The molecular weight excluding hydrogens is 703 g/mol. The minimum atomic E-state index is -4.82. The second kappa shape index (κ2) is 16.2. The van der Waals surface area contributed by atoms with Crippen molar-refractivity contribution in [3.05, 3.63) is 91.6 Å². The molecule has 0 aliphatic carbocycles. The number of hydrogen-bond donors (Lipinski definition) is 2. The number of aliphatic carboxylic acids is 1. The Labute approximate surface area is 298 Å². The van der Waals surface area contributed by atoms with Gasteiger partial charge in [-0.3, -0.25) is 14.4 Å². The van der Waals surface area contributed by atoms with Crippen molar-refractivity contribution in [1.82, 2.24) is 14.8 Å². The number of nitrogens with zero attached hydrogens (tertiary/aromatic N) is 2. The van der Waals surface area contributed by atoms with E-state index in [0.29, 0.717) is 18.2 Å². The van der Waals surface area contributed by atoms with Gasteiger partial charge in [-0.05, 0) is 117 Å². The van der Waals surface area contributed by atoms with Crippen LogP contribution in [0.1, 0.15) is 84.1 Å². The van der Waals surface area contributed by atoms with E-state index in [1.165, 1.54) is 32.9 Å². The number of hydrogen-bond acceptors (Lipinski definition) is 4. The largest absolute Gasteiger partial charge is 0.481 e. The third kappa shape index (κ3) is 9.94. The summed E-state index contributed by atoms with van der Waals surface area (Å²) < 4.78 is 99.1. The minimum Gasteiger partial charge on any atom is -0.481 e. The summed E-state index contributed by atoms with van der Waals surface area (Å²) in [6, 6.07) is 2.15. The summed E-state index contributed by atoms with van der Waals surface area (Å²) in [4.78, 5) is 41.2. The van der Waals surface area contributed by atoms with Crippen LogP contribution in [-0.2, 0) is 28.4 Å². The lowest BCUT2D eigenvalue weighted by molar-refractivity contribution is -0.139. The third-order valence-electron chi connectivity index (χ3n) is 8.95. The van der Waals surface area contributed by atoms with Crippen molar-refractivity contribution < 1.29 is 45.4 Å². The molecule has 0 bridgehead atoms. The number of halogens is 7. The van der Waals surface area contributed by atoms with E-state index in [0.717, 1.165) is 42.4 Å². The van der Waals surface area contributed by atoms with Crippen molar-refractivity contribution in [2.24, 2.45) is 5.92 Å². The minimum absolute atomic E-state index is 0. The first-order valence-electron chi connectivity index (χ1n) is 16.2. The van der Waals surface area contributed by atoms with Crippen LogP contribution in [-0.4, -0.2) is 46.1 Å². The topological polar surface area (TPSA) is 91.6 Å². The first-order chi connectivity index (χ1) is 23.2. The molecule has 0 saturated carbocycles. The van der Waals surface area contributed by atoms with E-state index in [1.54, 1.807) is 13.8 Å². The molecule has 0 radical (unpaired) electrons. The lowest BCUT2D eigenvalue weighted by atomic mass is 9.89. The predicted octanol–water partition coefficient (Wildman–Crippen LogP) is 7.90. The van der Waals surface area contributed by atoms with E-state index < -0.39 is 65.2 Å². The van der Waals surface area contributed by atoms with Crippen molar-refractivity contribution in [3.63, 3.8) is 0 Å². The van der Waals surface area contributed by atoms with Crippen molar-refractivity contribution >= 4 is 25.4 Å². The fourth-order valence-electron chi connectivity index (χ4n) is 6.43. The third-order valence-corrected chi connectivity index (χ3v) is 8.95. The maximum absolute atomic E-state index is 15.8. The van der Waals surface area contributed by atoms with Gasteiger partial charge in [0.1, 0.15) is 11.9 Å². The van der Waals surface area contributed by atoms with Crippen molar-refractivity contribution in [1.29, 1.82) is 0 Å². The standard InChI is InChI=1S/C36H40F7N3O4.H2S/c1-19(2)11-29(46-18-23(7-10-45-8-6-9-45)27(16-30(46)47)36(41,42)43)34(50)44-28(17-31(48)49)26-15-24(12-22(5)33(26)37)32-20(3)13-25(14-21(32)4)35(38,39)40;/h12-16,18-19,28-29H,6-11,17H2,1-5H3,(H,44,50)(H,48,49);1H2/t28-,29?;/m0./s1. The number of aryl methyl sites for hydroxylation is 3. The average molecular weight is 746 g/mol. The molecule has 7 nitrogen and oxygen atoms in total. The van der Waals surface area contributed by atoms with E-state index in [4.69, 9.17) is 0 Å². The van der Waals surface area contributed by atoms with Crippen LogP contribution in [0.3, 0.4) is 0 Å². The van der Waals surface area contributed by atoms with E-state index in [1.807, 2.05) is 4.90 Å². The van der Waals surface area contributed by atoms with E-state index in [2.05, 4.69) is 5.32 Å². The quantitative estimate of drug-likeness (QED) is 0.184. The molecule has 1 saturated heterocycles. The van der Waals surface area contributed by atoms with Gasteiger partial charge in [-0.25, -0.2) is 4.39 Å². The van der Waals surface area contributed by atoms with Crippen molar-refractivity contribution in [2.75, 3.05) is 19.6 Å². The Morgan fingerprint density at radius 1 is 0.922 bits per heavy atom. The number of benzene rings is 2. The molecule has 1 aromatic heterocycles. The Morgan fingerprint density at radius 3 is 2.02 bits per heavy atom. The normalized spacial score (nSPS) is 14.8. The molecular formula is C36H42F7N3O4S. The van der Waals surface area contributed by atoms with Gasteiger partial charge in [0.2, 0.25) is 5.91 Å². The number of carbonyl (C=O) groups is 2. The SMILES string of the molecule is Cc1cc(-c2c(C)cc(C(F)(F)F)cc2C)cc([C@H](CC(=O)O)NC(=O)C(CC(C)C)n2cc(CCN3CCC3)c(C(F)(F)F)cc2=O)c1F.S. The molecule has 0 spiro atoms. The van der Waals surface area contributed by atoms with Gasteiger partial charge in [-0.1, -0.05) is 13.8 Å². The lowest BCUT2D eigenvalue weighted by Gasteiger charge is -2.31. The molecule has 2 N–H and O–H groups in total. The summed E-state index contributed by atoms with van der Waals surface area (Å²) in [5, 5.41) is 12.3. The Morgan fingerprint density at radius 2 is 1.53 bits per heavy atom. The molecule has 1 fully saturated rings. The van der Waals surface area contributed by atoms with Gasteiger partial charge in [-0.15, -0.1) is 0 Å². The van der Waals surface area contributed by atoms with Gasteiger partial charge in [0.05, 0.1) is 23.6 Å². The monoisotopic (exact) mass is 745 g/mol. The smallest absolute Gasteiger partial charge is 0.416 e. The number of aromatic nitrogens is 1. The van der Waals surface area contributed by atoms with Crippen molar-refractivity contribution in [3.8, 4) is 11.1 Å². The van der Waals surface area contributed by atoms with Gasteiger partial charge in [-0.2, -0.15) is 39.8 Å².